The van der Waals surface area contributed by atoms with Crippen LogP contribution in [0.25, 0.3) is 0 Å². The molecule has 1 fully saturated rings. The second kappa shape index (κ2) is 10.4. The molecule has 1 aliphatic rings. The molecule has 4 N–H and O–H groups in total. The summed E-state index contributed by atoms with van der Waals surface area (Å²) in [5.41, 5.74) is 1.31. The van der Waals surface area contributed by atoms with Gasteiger partial charge in [0.25, 0.3) is 0 Å². The normalized spacial score (nSPS) is 30.4. The van der Waals surface area contributed by atoms with E-state index >= 15 is 0 Å². The molecule has 2 rings (SSSR count). The standard InChI is InChI=1S/C17H26O6S/c18-10-13-14(19)15(20)16(21)17(23-13)22-8-4-5-9-24-11-12-6-2-1-3-7-12/h1-3,6-7,13-21H,4-5,8-11H2/t13-,14-,15+,16-,17-/m1/s1. The van der Waals surface area contributed by atoms with Gasteiger partial charge in [0.2, 0.25) is 0 Å². The van der Waals surface area contributed by atoms with E-state index in [1.165, 1.54) is 5.56 Å². The van der Waals surface area contributed by atoms with Gasteiger partial charge in [-0.15, -0.1) is 0 Å². The first-order chi connectivity index (χ1) is 11.6. The fourth-order valence-corrected chi connectivity index (χ4v) is 3.46. The fraction of sp³-hybridized carbons (Fsp3) is 0.647. The van der Waals surface area contributed by atoms with Gasteiger partial charge in [-0.25, -0.2) is 0 Å². The maximum absolute atomic E-state index is 9.84. The summed E-state index contributed by atoms with van der Waals surface area (Å²) in [6, 6.07) is 10.3. The first-order valence-electron chi connectivity index (χ1n) is 8.17. The molecule has 0 bridgehead atoms. The lowest BCUT2D eigenvalue weighted by molar-refractivity contribution is -0.301. The predicted molar refractivity (Wildman–Crippen MR) is 91.6 cm³/mol. The third kappa shape index (κ3) is 5.70. The number of rotatable bonds is 9. The van der Waals surface area contributed by atoms with Gasteiger partial charge in [0, 0.05) is 12.4 Å². The molecule has 0 amide bonds. The Kier molecular flexibility index (Phi) is 8.48. The van der Waals surface area contributed by atoms with Crippen LogP contribution in [0.2, 0.25) is 0 Å². The minimum absolute atomic E-state index is 0.384. The van der Waals surface area contributed by atoms with Crippen LogP contribution in [0.1, 0.15) is 18.4 Å². The monoisotopic (exact) mass is 358 g/mol. The molecule has 0 aromatic heterocycles. The highest BCUT2D eigenvalue weighted by atomic mass is 32.2. The Morgan fingerprint density at radius 3 is 2.46 bits per heavy atom. The number of aliphatic hydroxyl groups excluding tert-OH is 4. The van der Waals surface area contributed by atoms with Gasteiger partial charge >= 0.3 is 0 Å². The highest BCUT2D eigenvalue weighted by Gasteiger charge is 2.43. The molecule has 0 aliphatic carbocycles. The molecule has 24 heavy (non-hydrogen) atoms. The predicted octanol–water partition coefficient (Wildman–Crippen LogP) is 0.516. The Balaban J connectivity index is 1.58. The van der Waals surface area contributed by atoms with Gasteiger partial charge in [0.15, 0.2) is 6.29 Å². The van der Waals surface area contributed by atoms with Gasteiger partial charge in [-0.1, -0.05) is 30.3 Å². The smallest absolute Gasteiger partial charge is 0.186 e. The van der Waals surface area contributed by atoms with Gasteiger partial charge in [0.1, 0.15) is 24.4 Å². The van der Waals surface area contributed by atoms with E-state index in [0.717, 1.165) is 24.3 Å². The zero-order valence-corrected chi connectivity index (χ0v) is 14.3. The molecular weight excluding hydrogens is 332 g/mol. The molecular formula is C17H26O6S. The van der Waals surface area contributed by atoms with Crippen molar-refractivity contribution in [2.45, 2.75) is 49.3 Å². The highest BCUT2D eigenvalue weighted by Crippen LogP contribution is 2.22. The lowest BCUT2D eigenvalue weighted by Gasteiger charge is -2.39. The zero-order chi connectivity index (χ0) is 17.4. The molecule has 0 radical (unpaired) electrons. The van der Waals surface area contributed by atoms with Gasteiger partial charge in [0.05, 0.1) is 6.61 Å². The van der Waals surface area contributed by atoms with E-state index in [2.05, 4.69) is 12.1 Å². The first-order valence-corrected chi connectivity index (χ1v) is 9.32. The molecule has 1 heterocycles. The van der Waals surface area contributed by atoms with Crippen molar-refractivity contribution in [2.75, 3.05) is 19.0 Å². The van der Waals surface area contributed by atoms with E-state index in [4.69, 9.17) is 14.6 Å². The van der Waals surface area contributed by atoms with Gasteiger partial charge in [-0.2, -0.15) is 11.8 Å². The summed E-state index contributed by atoms with van der Waals surface area (Å²) in [6.45, 7) is -0.0600. The summed E-state index contributed by atoms with van der Waals surface area (Å²) >= 11 is 1.86. The third-order valence-corrected chi connectivity index (χ3v) is 5.04. The number of hydrogen-bond donors (Lipinski definition) is 4. The molecule has 0 saturated carbocycles. The Morgan fingerprint density at radius 1 is 1.00 bits per heavy atom. The summed E-state index contributed by atoms with van der Waals surface area (Å²) in [5.74, 6) is 1.99. The van der Waals surface area contributed by atoms with Crippen molar-refractivity contribution in [3.05, 3.63) is 35.9 Å². The number of unbranched alkanes of at least 4 members (excludes halogenated alkanes) is 1. The topological polar surface area (TPSA) is 99.4 Å². The number of benzene rings is 1. The first kappa shape index (κ1) is 19.7. The van der Waals surface area contributed by atoms with Crippen molar-refractivity contribution in [3.8, 4) is 0 Å². The zero-order valence-electron chi connectivity index (χ0n) is 13.5. The van der Waals surface area contributed by atoms with E-state index in [9.17, 15) is 15.3 Å². The largest absolute Gasteiger partial charge is 0.394 e. The summed E-state index contributed by atoms with van der Waals surface area (Å²) in [6.07, 6.45) is -4.24. The van der Waals surface area contributed by atoms with Crippen LogP contribution in [-0.4, -0.2) is 70.1 Å². The Morgan fingerprint density at radius 2 is 1.75 bits per heavy atom. The van der Waals surface area contributed by atoms with E-state index in [-0.39, 0.29) is 0 Å². The van der Waals surface area contributed by atoms with E-state index < -0.39 is 37.3 Å². The van der Waals surface area contributed by atoms with Crippen LogP contribution in [-0.2, 0) is 15.2 Å². The molecule has 1 aliphatic heterocycles. The third-order valence-electron chi connectivity index (χ3n) is 3.93. The van der Waals surface area contributed by atoms with Crippen molar-refractivity contribution >= 4 is 11.8 Å². The van der Waals surface area contributed by atoms with Crippen LogP contribution >= 0.6 is 11.8 Å². The summed E-state index contributed by atoms with van der Waals surface area (Å²) < 4.78 is 10.7. The average molecular weight is 358 g/mol. The van der Waals surface area contributed by atoms with E-state index in [0.29, 0.717) is 6.61 Å². The van der Waals surface area contributed by atoms with Crippen molar-refractivity contribution in [1.82, 2.24) is 0 Å². The maximum Gasteiger partial charge on any atom is 0.186 e. The number of aliphatic hydroxyl groups is 4. The van der Waals surface area contributed by atoms with Crippen LogP contribution in [0.5, 0.6) is 0 Å². The van der Waals surface area contributed by atoms with Crippen LogP contribution in [0.15, 0.2) is 30.3 Å². The highest BCUT2D eigenvalue weighted by molar-refractivity contribution is 7.98. The minimum Gasteiger partial charge on any atom is -0.394 e. The van der Waals surface area contributed by atoms with Crippen LogP contribution in [0.4, 0.5) is 0 Å². The SMILES string of the molecule is OC[C@H]1O[C@@H](OCCCCSCc2ccccc2)[C@H](O)[C@@H](O)[C@@H]1O. The number of ether oxygens (including phenoxy) is 2. The molecule has 0 spiro atoms. The molecule has 0 unspecified atom stereocenters. The fourth-order valence-electron chi connectivity index (χ4n) is 2.48. The maximum atomic E-state index is 9.84. The minimum atomic E-state index is -1.39. The molecule has 1 aromatic rings. The van der Waals surface area contributed by atoms with E-state index in [1.807, 2.05) is 30.0 Å². The van der Waals surface area contributed by atoms with Crippen LogP contribution in [0, 0.1) is 0 Å². The Labute approximate surface area is 146 Å². The Bertz CT molecular complexity index is 458. The lowest BCUT2D eigenvalue weighted by atomic mass is 9.99. The van der Waals surface area contributed by atoms with Gasteiger partial charge in [-0.05, 0) is 24.2 Å². The van der Waals surface area contributed by atoms with E-state index in [1.54, 1.807) is 0 Å². The summed E-state index contributed by atoms with van der Waals surface area (Å²) in [4.78, 5) is 0. The van der Waals surface area contributed by atoms with Crippen LogP contribution in [0.3, 0.4) is 0 Å². The molecule has 7 heteroatoms. The average Bonchev–Trinajstić information content (AvgIpc) is 2.61. The summed E-state index contributed by atoms with van der Waals surface area (Å²) in [5, 5.41) is 38.3. The lowest BCUT2D eigenvalue weighted by Crippen LogP contribution is -2.59. The van der Waals surface area contributed by atoms with Gasteiger partial charge < -0.3 is 29.9 Å². The molecule has 6 nitrogen and oxygen atoms in total. The number of hydrogen-bond acceptors (Lipinski definition) is 7. The van der Waals surface area contributed by atoms with Crippen molar-refractivity contribution in [3.63, 3.8) is 0 Å². The second-order valence-electron chi connectivity index (χ2n) is 5.81. The molecule has 136 valence electrons. The second-order valence-corrected chi connectivity index (χ2v) is 6.92. The van der Waals surface area contributed by atoms with Gasteiger partial charge in [-0.3, -0.25) is 0 Å². The van der Waals surface area contributed by atoms with Crippen molar-refractivity contribution in [1.29, 1.82) is 0 Å². The molecule has 5 atom stereocenters. The Hall–Kier alpha value is -0.670. The molecule has 1 saturated heterocycles. The quantitative estimate of drug-likeness (QED) is 0.478. The van der Waals surface area contributed by atoms with Crippen LogP contribution < -0.4 is 0 Å². The van der Waals surface area contributed by atoms with Crippen molar-refractivity contribution in [2.24, 2.45) is 0 Å². The number of thioether (sulfide) groups is 1. The summed E-state index contributed by atoms with van der Waals surface area (Å²) in [7, 11) is 0. The van der Waals surface area contributed by atoms with Crippen molar-refractivity contribution < 1.29 is 29.9 Å². The molecule has 1 aromatic carbocycles.